The number of carbonyl (C=O) groups is 1. The summed E-state index contributed by atoms with van der Waals surface area (Å²) in [5.41, 5.74) is 4.93. The number of aromatic nitrogens is 1. The minimum absolute atomic E-state index is 0.163. The van der Waals surface area contributed by atoms with Crippen LogP contribution in [0, 0.1) is 6.92 Å². The van der Waals surface area contributed by atoms with E-state index in [9.17, 15) is 4.79 Å². The van der Waals surface area contributed by atoms with E-state index in [0.29, 0.717) is 5.56 Å². The molecule has 3 aromatic carbocycles. The molecule has 3 nitrogen and oxygen atoms in total. The summed E-state index contributed by atoms with van der Waals surface area (Å²) in [6.45, 7) is 2.01. The van der Waals surface area contributed by atoms with Gasteiger partial charge in [0.2, 0.25) is 0 Å². The Morgan fingerprint density at radius 2 is 1.61 bits per heavy atom. The van der Waals surface area contributed by atoms with E-state index < -0.39 is 0 Å². The molecule has 0 aliphatic carbocycles. The highest BCUT2D eigenvalue weighted by Gasteiger charge is 2.16. The van der Waals surface area contributed by atoms with Crippen LogP contribution in [-0.2, 0) is 0 Å². The molecule has 0 aliphatic rings. The molecule has 0 radical (unpaired) electrons. The SMILES string of the molecule is Cc1cc(Br)cc2c(C(=O)Nc3ccc(Br)cc3)cc(-c3ccccc3)nc12. The van der Waals surface area contributed by atoms with E-state index in [1.807, 2.05) is 79.7 Å². The van der Waals surface area contributed by atoms with Crippen molar-refractivity contribution < 1.29 is 4.79 Å². The van der Waals surface area contributed by atoms with Gasteiger partial charge < -0.3 is 5.32 Å². The lowest BCUT2D eigenvalue weighted by Crippen LogP contribution is -2.13. The number of hydrogen-bond acceptors (Lipinski definition) is 2. The van der Waals surface area contributed by atoms with Gasteiger partial charge in [-0.15, -0.1) is 0 Å². The number of carbonyl (C=O) groups excluding carboxylic acids is 1. The topological polar surface area (TPSA) is 42.0 Å². The summed E-state index contributed by atoms with van der Waals surface area (Å²) >= 11 is 6.95. The van der Waals surface area contributed by atoms with Crippen LogP contribution in [0.1, 0.15) is 15.9 Å². The third-order valence-corrected chi connectivity index (χ3v) is 5.47. The van der Waals surface area contributed by atoms with E-state index in [4.69, 9.17) is 4.98 Å². The molecule has 138 valence electrons. The molecule has 1 N–H and O–H groups in total. The van der Waals surface area contributed by atoms with E-state index in [1.165, 1.54) is 0 Å². The first kappa shape index (κ1) is 18.8. The van der Waals surface area contributed by atoms with Crippen molar-refractivity contribution >= 4 is 54.4 Å². The van der Waals surface area contributed by atoms with E-state index in [0.717, 1.165) is 42.4 Å². The van der Waals surface area contributed by atoms with E-state index in [1.54, 1.807) is 0 Å². The van der Waals surface area contributed by atoms with Crippen LogP contribution in [-0.4, -0.2) is 10.9 Å². The van der Waals surface area contributed by atoms with Crippen molar-refractivity contribution in [3.8, 4) is 11.3 Å². The lowest BCUT2D eigenvalue weighted by atomic mass is 10.0. The van der Waals surface area contributed by atoms with E-state index in [2.05, 4.69) is 37.2 Å². The molecule has 0 spiro atoms. The van der Waals surface area contributed by atoms with Crippen LogP contribution >= 0.6 is 31.9 Å². The number of nitrogens with zero attached hydrogens (tertiary/aromatic N) is 1. The molecule has 1 amide bonds. The monoisotopic (exact) mass is 494 g/mol. The Labute approximate surface area is 180 Å². The normalized spacial score (nSPS) is 10.8. The zero-order valence-corrected chi connectivity index (χ0v) is 18.2. The number of pyridine rings is 1. The number of amides is 1. The fourth-order valence-corrected chi connectivity index (χ4v) is 3.97. The maximum Gasteiger partial charge on any atom is 0.256 e. The second-order valence-electron chi connectivity index (χ2n) is 6.50. The summed E-state index contributed by atoms with van der Waals surface area (Å²) in [5, 5.41) is 3.81. The van der Waals surface area contributed by atoms with Gasteiger partial charge in [0.05, 0.1) is 16.8 Å². The minimum atomic E-state index is -0.163. The van der Waals surface area contributed by atoms with Gasteiger partial charge in [-0.3, -0.25) is 4.79 Å². The van der Waals surface area contributed by atoms with Gasteiger partial charge >= 0.3 is 0 Å². The lowest BCUT2D eigenvalue weighted by Gasteiger charge is -2.13. The van der Waals surface area contributed by atoms with Gasteiger partial charge in [0, 0.05) is 25.6 Å². The average Bonchev–Trinajstić information content (AvgIpc) is 2.69. The minimum Gasteiger partial charge on any atom is -0.322 e. The Hall–Kier alpha value is -2.50. The van der Waals surface area contributed by atoms with Crippen molar-refractivity contribution in [3.05, 3.63) is 92.9 Å². The number of halogens is 2. The highest BCUT2D eigenvalue weighted by Crippen LogP contribution is 2.30. The van der Waals surface area contributed by atoms with E-state index in [-0.39, 0.29) is 5.91 Å². The number of benzene rings is 3. The van der Waals surface area contributed by atoms with Gasteiger partial charge in [-0.05, 0) is 55.0 Å². The maximum atomic E-state index is 13.2. The van der Waals surface area contributed by atoms with Gasteiger partial charge in [0.25, 0.3) is 5.91 Å². The highest BCUT2D eigenvalue weighted by atomic mass is 79.9. The van der Waals surface area contributed by atoms with Crippen molar-refractivity contribution in [2.75, 3.05) is 5.32 Å². The van der Waals surface area contributed by atoms with E-state index >= 15 is 0 Å². The van der Waals surface area contributed by atoms with Crippen LogP contribution in [0.3, 0.4) is 0 Å². The summed E-state index contributed by atoms with van der Waals surface area (Å²) in [6.07, 6.45) is 0. The molecule has 0 unspecified atom stereocenters. The first-order chi connectivity index (χ1) is 13.5. The summed E-state index contributed by atoms with van der Waals surface area (Å²) < 4.78 is 1.88. The molecule has 4 rings (SSSR count). The van der Waals surface area contributed by atoms with Crippen LogP contribution in [0.15, 0.2) is 81.7 Å². The van der Waals surface area contributed by atoms with Gasteiger partial charge in [0.15, 0.2) is 0 Å². The molecule has 0 bridgehead atoms. The maximum absolute atomic E-state index is 13.2. The molecule has 1 aromatic heterocycles. The Balaban J connectivity index is 1.87. The standard InChI is InChI=1S/C23H16Br2N2O/c1-14-11-17(25)12-19-20(23(28)26-18-9-7-16(24)8-10-18)13-21(27-22(14)19)15-5-3-2-4-6-15/h2-13H,1H3,(H,26,28). The fourth-order valence-electron chi connectivity index (χ4n) is 3.13. The van der Waals surface area contributed by atoms with Crippen LogP contribution in [0.2, 0.25) is 0 Å². The predicted molar refractivity (Wildman–Crippen MR) is 122 cm³/mol. The van der Waals surface area contributed by atoms with Crippen LogP contribution in [0.5, 0.6) is 0 Å². The number of nitrogens with one attached hydrogen (secondary N) is 1. The number of anilines is 1. The predicted octanol–water partition coefficient (Wildman–Crippen LogP) is 6.99. The molecular formula is C23H16Br2N2O. The molecule has 28 heavy (non-hydrogen) atoms. The molecule has 0 atom stereocenters. The quantitative estimate of drug-likeness (QED) is 0.333. The zero-order chi connectivity index (χ0) is 19.7. The van der Waals surface area contributed by atoms with Crippen LogP contribution < -0.4 is 5.32 Å². The molecule has 0 saturated carbocycles. The van der Waals surface area contributed by atoms with Crippen molar-refractivity contribution in [1.82, 2.24) is 4.98 Å². The number of aryl methyl sites for hydroxylation is 1. The Morgan fingerprint density at radius 3 is 2.32 bits per heavy atom. The van der Waals surface area contributed by atoms with Gasteiger partial charge in [-0.1, -0.05) is 62.2 Å². The molecule has 1 heterocycles. The average molecular weight is 496 g/mol. The zero-order valence-electron chi connectivity index (χ0n) is 15.0. The molecule has 0 aliphatic heterocycles. The van der Waals surface area contributed by atoms with Crippen molar-refractivity contribution in [2.45, 2.75) is 6.92 Å². The van der Waals surface area contributed by atoms with Crippen molar-refractivity contribution in [2.24, 2.45) is 0 Å². The molecule has 4 aromatic rings. The molecule has 5 heteroatoms. The first-order valence-electron chi connectivity index (χ1n) is 8.74. The van der Waals surface area contributed by atoms with Crippen molar-refractivity contribution in [1.29, 1.82) is 0 Å². The highest BCUT2D eigenvalue weighted by molar-refractivity contribution is 9.10. The second-order valence-corrected chi connectivity index (χ2v) is 8.33. The molecular weight excluding hydrogens is 480 g/mol. The van der Waals surface area contributed by atoms with Gasteiger partial charge in [0.1, 0.15) is 0 Å². The van der Waals surface area contributed by atoms with Crippen LogP contribution in [0.25, 0.3) is 22.2 Å². The fraction of sp³-hybridized carbons (Fsp3) is 0.0435. The van der Waals surface area contributed by atoms with Gasteiger partial charge in [-0.2, -0.15) is 0 Å². The summed E-state index contributed by atoms with van der Waals surface area (Å²) in [5.74, 6) is -0.163. The number of fused-ring (bicyclic) bond motifs is 1. The molecule has 0 fully saturated rings. The molecule has 0 saturated heterocycles. The Kier molecular flexibility index (Phi) is 5.29. The first-order valence-corrected chi connectivity index (χ1v) is 10.3. The largest absolute Gasteiger partial charge is 0.322 e. The number of rotatable bonds is 3. The van der Waals surface area contributed by atoms with Crippen molar-refractivity contribution in [3.63, 3.8) is 0 Å². The number of hydrogen-bond donors (Lipinski definition) is 1. The Bertz CT molecular complexity index is 1170. The third kappa shape index (κ3) is 3.86. The second kappa shape index (κ2) is 7.86. The van der Waals surface area contributed by atoms with Gasteiger partial charge in [-0.25, -0.2) is 4.98 Å². The Morgan fingerprint density at radius 1 is 0.893 bits per heavy atom. The summed E-state index contributed by atoms with van der Waals surface area (Å²) in [6, 6.07) is 23.3. The van der Waals surface area contributed by atoms with Crippen LogP contribution in [0.4, 0.5) is 5.69 Å². The summed E-state index contributed by atoms with van der Waals surface area (Å²) in [4.78, 5) is 18.0. The summed E-state index contributed by atoms with van der Waals surface area (Å²) in [7, 11) is 0. The third-order valence-electron chi connectivity index (χ3n) is 4.49. The smallest absolute Gasteiger partial charge is 0.256 e. The lowest BCUT2D eigenvalue weighted by molar-refractivity contribution is 0.102.